The van der Waals surface area contributed by atoms with Crippen molar-refractivity contribution in [2.75, 3.05) is 0 Å². The molecule has 1 heteroatoms. The second-order valence-electron chi connectivity index (χ2n) is 6.88. The van der Waals surface area contributed by atoms with Gasteiger partial charge in [0, 0.05) is 6.04 Å². The zero-order valence-corrected chi connectivity index (χ0v) is 14.0. The number of nitrogens with two attached hydrogens (primary N) is 1. The summed E-state index contributed by atoms with van der Waals surface area (Å²) in [5, 5.41) is 0. The molecule has 0 bridgehead atoms. The van der Waals surface area contributed by atoms with E-state index in [-0.39, 0.29) is 6.04 Å². The van der Waals surface area contributed by atoms with Gasteiger partial charge in [-0.05, 0) is 80.3 Å². The van der Waals surface area contributed by atoms with E-state index in [9.17, 15) is 0 Å². The minimum absolute atomic E-state index is 0.219. The van der Waals surface area contributed by atoms with Crippen LogP contribution in [0.3, 0.4) is 0 Å². The lowest BCUT2D eigenvalue weighted by Crippen LogP contribution is -2.20. The molecular formula is C19H31N. The topological polar surface area (TPSA) is 26.0 Å². The van der Waals surface area contributed by atoms with Gasteiger partial charge in [-0.25, -0.2) is 0 Å². The van der Waals surface area contributed by atoms with Crippen molar-refractivity contribution in [3.05, 3.63) is 33.4 Å². The van der Waals surface area contributed by atoms with E-state index in [1.54, 1.807) is 0 Å². The Hall–Kier alpha value is -0.820. The Morgan fingerprint density at radius 3 is 1.75 bits per heavy atom. The summed E-state index contributed by atoms with van der Waals surface area (Å²) in [7, 11) is 0. The van der Waals surface area contributed by atoms with E-state index in [0.29, 0.717) is 0 Å². The molecule has 2 rings (SSSR count). The van der Waals surface area contributed by atoms with Crippen molar-refractivity contribution in [1.82, 2.24) is 0 Å². The lowest BCUT2D eigenvalue weighted by Gasteiger charge is -2.28. The van der Waals surface area contributed by atoms with Gasteiger partial charge in [0.25, 0.3) is 0 Å². The van der Waals surface area contributed by atoms with E-state index < -0.39 is 0 Å². The molecule has 1 aliphatic carbocycles. The first-order valence-electron chi connectivity index (χ1n) is 8.26. The van der Waals surface area contributed by atoms with Crippen molar-refractivity contribution < 1.29 is 0 Å². The molecular weight excluding hydrogens is 242 g/mol. The van der Waals surface area contributed by atoms with Crippen LogP contribution < -0.4 is 5.73 Å². The Labute approximate surface area is 125 Å². The third-order valence-corrected chi connectivity index (χ3v) is 5.74. The summed E-state index contributed by atoms with van der Waals surface area (Å²) in [6.45, 7) is 11.2. The molecule has 0 heterocycles. The highest BCUT2D eigenvalue weighted by atomic mass is 14.6. The van der Waals surface area contributed by atoms with Crippen LogP contribution in [0.15, 0.2) is 0 Å². The number of rotatable bonds is 3. The normalized spacial score (nSPS) is 18.3. The number of hydrogen-bond acceptors (Lipinski definition) is 1. The lowest BCUT2D eigenvalue weighted by molar-refractivity contribution is 0.318. The van der Waals surface area contributed by atoms with Crippen molar-refractivity contribution >= 4 is 0 Å². The van der Waals surface area contributed by atoms with Crippen LogP contribution >= 0.6 is 0 Å². The zero-order chi connectivity index (χ0) is 14.9. The minimum atomic E-state index is 0.219. The van der Waals surface area contributed by atoms with Crippen LogP contribution in [0.1, 0.15) is 77.9 Å². The first-order chi connectivity index (χ1) is 9.43. The van der Waals surface area contributed by atoms with Crippen LogP contribution in [-0.4, -0.2) is 0 Å². The van der Waals surface area contributed by atoms with Crippen LogP contribution in [-0.2, 0) is 0 Å². The summed E-state index contributed by atoms with van der Waals surface area (Å²) in [5.74, 6) is 0.847. The summed E-state index contributed by atoms with van der Waals surface area (Å²) in [6, 6.07) is 0.219. The van der Waals surface area contributed by atoms with Crippen molar-refractivity contribution in [3.63, 3.8) is 0 Å². The molecule has 0 aromatic heterocycles. The smallest absolute Gasteiger partial charge is 0.0302 e. The minimum Gasteiger partial charge on any atom is -0.324 e. The van der Waals surface area contributed by atoms with Crippen molar-refractivity contribution in [1.29, 1.82) is 0 Å². The van der Waals surface area contributed by atoms with Crippen molar-refractivity contribution in [2.45, 2.75) is 79.2 Å². The molecule has 112 valence electrons. The van der Waals surface area contributed by atoms with Crippen LogP contribution in [0.5, 0.6) is 0 Å². The quantitative estimate of drug-likeness (QED) is 0.805. The van der Waals surface area contributed by atoms with Crippen molar-refractivity contribution in [3.8, 4) is 0 Å². The Kier molecular flexibility index (Phi) is 4.90. The second-order valence-corrected chi connectivity index (χ2v) is 6.88. The van der Waals surface area contributed by atoms with Gasteiger partial charge in [-0.2, -0.15) is 0 Å². The number of hydrogen-bond donors (Lipinski definition) is 1. The standard InChI is InChI=1S/C19H31N/c1-12-13(2)15(4)19(16(5)14(12)3)18(20)11-17-9-7-6-8-10-17/h17-18H,6-11,20H2,1-5H3. The second kappa shape index (κ2) is 6.30. The van der Waals surface area contributed by atoms with Gasteiger partial charge in [0.05, 0.1) is 0 Å². The first-order valence-corrected chi connectivity index (χ1v) is 8.26. The average molecular weight is 273 g/mol. The highest BCUT2D eigenvalue weighted by Crippen LogP contribution is 2.35. The molecule has 1 atom stereocenters. The van der Waals surface area contributed by atoms with Gasteiger partial charge in [-0.3, -0.25) is 0 Å². The fourth-order valence-corrected chi connectivity index (χ4v) is 3.99. The third kappa shape index (κ3) is 2.93. The molecule has 0 radical (unpaired) electrons. The van der Waals surface area contributed by atoms with Gasteiger partial charge in [0.1, 0.15) is 0 Å². The van der Waals surface area contributed by atoms with Gasteiger partial charge in [0.2, 0.25) is 0 Å². The van der Waals surface area contributed by atoms with Gasteiger partial charge in [-0.15, -0.1) is 0 Å². The monoisotopic (exact) mass is 273 g/mol. The van der Waals surface area contributed by atoms with Crippen molar-refractivity contribution in [2.24, 2.45) is 11.7 Å². The molecule has 1 aromatic rings. The molecule has 2 N–H and O–H groups in total. The van der Waals surface area contributed by atoms with Crippen LogP contribution in [0.2, 0.25) is 0 Å². The summed E-state index contributed by atoms with van der Waals surface area (Å²) in [6.07, 6.45) is 8.17. The predicted molar refractivity (Wildman–Crippen MR) is 88.2 cm³/mol. The molecule has 0 aliphatic heterocycles. The molecule has 20 heavy (non-hydrogen) atoms. The van der Waals surface area contributed by atoms with E-state index in [1.165, 1.54) is 71.9 Å². The molecule has 1 aliphatic rings. The number of benzene rings is 1. The molecule has 1 saturated carbocycles. The van der Waals surface area contributed by atoms with E-state index in [4.69, 9.17) is 5.73 Å². The van der Waals surface area contributed by atoms with E-state index >= 15 is 0 Å². The molecule has 1 nitrogen and oxygen atoms in total. The SMILES string of the molecule is Cc1c(C)c(C)c(C(N)CC2CCCCC2)c(C)c1C. The summed E-state index contributed by atoms with van der Waals surface area (Å²) in [4.78, 5) is 0. The van der Waals surface area contributed by atoms with Crippen LogP contribution in [0.25, 0.3) is 0 Å². The summed E-state index contributed by atoms with van der Waals surface area (Å²) >= 11 is 0. The highest BCUT2D eigenvalue weighted by Gasteiger charge is 2.22. The zero-order valence-electron chi connectivity index (χ0n) is 14.0. The third-order valence-electron chi connectivity index (χ3n) is 5.74. The Bertz CT molecular complexity index is 452. The van der Waals surface area contributed by atoms with Gasteiger partial charge < -0.3 is 5.73 Å². The highest BCUT2D eigenvalue weighted by molar-refractivity contribution is 5.50. The maximum Gasteiger partial charge on any atom is 0.0302 e. The lowest BCUT2D eigenvalue weighted by atomic mass is 9.80. The van der Waals surface area contributed by atoms with E-state index in [0.717, 1.165) is 5.92 Å². The predicted octanol–water partition coefficient (Wildman–Crippen LogP) is 5.20. The van der Waals surface area contributed by atoms with Gasteiger partial charge >= 0.3 is 0 Å². The summed E-state index contributed by atoms with van der Waals surface area (Å²) < 4.78 is 0. The fourth-order valence-electron chi connectivity index (χ4n) is 3.99. The van der Waals surface area contributed by atoms with Crippen LogP contribution in [0, 0.1) is 40.5 Å². The Morgan fingerprint density at radius 1 is 0.800 bits per heavy atom. The van der Waals surface area contributed by atoms with Gasteiger partial charge in [-0.1, -0.05) is 32.1 Å². The maximum absolute atomic E-state index is 6.62. The molecule has 1 aromatic carbocycles. The maximum atomic E-state index is 6.62. The fraction of sp³-hybridized carbons (Fsp3) is 0.684. The molecule has 1 unspecified atom stereocenters. The van der Waals surface area contributed by atoms with Crippen LogP contribution in [0.4, 0.5) is 0 Å². The molecule has 1 fully saturated rings. The Balaban J connectivity index is 2.27. The van der Waals surface area contributed by atoms with E-state index in [1.807, 2.05) is 0 Å². The Morgan fingerprint density at radius 2 is 1.25 bits per heavy atom. The van der Waals surface area contributed by atoms with Gasteiger partial charge in [0.15, 0.2) is 0 Å². The largest absolute Gasteiger partial charge is 0.324 e. The molecule has 0 amide bonds. The molecule has 0 saturated heterocycles. The summed E-state index contributed by atoms with van der Waals surface area (Å²) in [5.41, 5.74) is 15.2. The van der Waals surface area contributed by atoms with E-state index in [2.05, 4.69) is 34.6 Å². The first kappa shape index (κ1) is 15.6. The molecule has 0 spiro atoms. The average Bonchev–Trinajstić information content (AvgIpc) is 2.44.